The lowest BCUT2D eigenvalue weighted by Crippen LogP contribution is -2.27. The molecule has 1 atom stereocenters. The van der Waals surface area contributed by atoms with Crippen LogP contribution in [-0.2, 0) is 16.3 Å². The van der Waals surface area contributed by atoms with E-state index in [0.717, 1.165) is 32.1 Å². The smallest absolute Gasteiger partial charge is 0.147 e. The van der Waals surface area contributed by atoms with E-state index in [-0.39, 0.29) is 11.2 Å². The molecule has 0 aliphatic heterocycles. The molecule has 0 spiro atoms. The first kappa shape index (κ1) is 19.0. The Morgan fingerprint density at radius 3 is 2.41 bits per heavy atom. The summed E-state index contributed by atoms with van der Waals surface area (Å²) in [7, 11) is 1.13. The Kier molecular flexibility index (Phi) is 6.92. The monoisotopic (exact) mass is 325 g/mol. The molecule has 1 aromatic rings. The second-order valence-electron chi connectivity index (χ2n) is 7.05. The van der Waals surface area contributed by atoms with Crippen LogP contribution in [0.25, 0.3) is 0 Å². The molecule has 1 aromatic carbocycles. The van der Waals surface area contributed by atoms with E-state index in [1.54, 1.807) is 0 Å². The second-order valence-corrected chi connectivity index (χ2v) is 9.19. The minimum atomic E-state index is -2.95. The third kappa shape index (κ3) is 6.82. The molecule has 0 radical (unpaired) electrons. The Balaban J connectivity index is 2.80. The van der Waals surface area contributed by atoms with Gasteiger partial charge in [-0.25, -0.2) is 8.42 Å². The van der Waals surface area contributed by atoms with Crippen LogP contribution in [0.2, 0.25) is 0 Å². The fraction of sp³-hybridized carbons (Fsp3) is 0.667. The molecule has 1 rings (SSSR count). The number of rotatable bonds is 9. The van der Waals surface area contributed by atoms with Gasteiger partial charge in [-0.1, -0.05) is 38.8 Å². The maximum atomic E-state index is 11.8. The van der Waals surface area contributed by atoms with Gasteiger partial charge in [0.2, 0.25) is 0 Å². The SMILES string of the molecule is CCCCC(C)(CCc1cccc(N(C)C)c1)CS(C)(=O)=O. The second kappa shape index (κ2) is 8.00. The summed E-state index contributed by atoms with van der Waals surface area (Å²) >= 11 is 0. The van der Waals surface area contributed by atoms with E-state index in [0.29, 0.717) is 0 Å². The van der Waals surface area contributed by atoms with Gasteiger partial charge in [0.05, 0.1) is 5.75 Å². The first-order chi connectivity index (χ1) is 10.2. The van der Waals surface area contributed by atoms with Crippen molar-refractivity contribution in [2.24, 2.45) is 5.41 Å². The van der Waals surface area contributed by atoms with Gasteiger partial charge in [0, 0.05) is 26.0 Å². The maximum Gasteiger partial charge on any atom is 0.147 e. The molecule has 0 aliphatic carbocycles. The van der Waals surface area contributed by atoms with Gasteiger partial charge in [-0.15, -0.1) is 0 Å². The third-order valence-electron chi connectivity index (χ3n) is 4.19. The lowest BCUT2D eigenvalue weighted by atomic mass is 9.81. The molecule has 0 N–H and O–H groups in total. The zero-order chi connectivity index (χ0) is 16.8. The normalized spacial score (nSPS) is 14.6. The molecule has 0 heterocycles. The van der Waals surface area contributed by atoms with Crippen LogP contribution < -0.4 is 4.90 Å². The molecule has 0 saturated carbocycles. The van der Waals surface area contributed by atoms with Crippen molar-refractivity contribution >= 4 is 15.5 Å². The van der Waals surface area contributed by atoms with E-state index in [4.69, 9.17) is 0 Å². The van der Waals surface area contributed by atoms with Crippen LogP contribution in [0.1, 0.15) is 45.1 Å². The van der Waals surface area contributed by atoms with E-state index in [1.165, 1.54) is 17.5 Å². The van der Waals surface area contributed by atoms with Gasteiger partial charge >= 0.3 is 0 Å². The van der Waals surface area contributed by atoms with Gasteiger partial charge in [0.25, 0.3) is 0 Å². The molecule has 22 heavy (non-hydrogen) atoms. The highest BCUT2D eigenvalue weighted by molar-refractivity contribution is 7.90. The summed E-state index contributed by atoms with van der Waals surface area (Å²) in [4.78, 5) is 2.09. The molecule has 4 heteroatoms. The van der Waals surface area contributed by atoms with Gasteiger partial charge in [0.15, 0.2) is 0 Å². The zero-order valence-electron chi connectivity index (χ0n) is 14.7. The number of sulfone groups is 1. The summed E-state index contributed by atoms with van der Waals surface area (Å²) in [5, 5.41) is 0. The van der Waals surface area contributed by atoms with E-state index < -0.39 is 9.84 Å². The van der Waals surface area contributed by atoms with Crippen molar-refractivity contribution in [1.82, 2.24) is 0 Å². The highest BCUT2D eigenvalue weighted by atomic mass is 32.2. The molecule has 0 saturated heterocycles. The Morgan fingerprint density at radius 2 is 1.86 bits per heavy atom. The molecule has 0 fully saturated rings. The molecule has 1 unspecified atom stereocenters. The Morgan fingerprint density at radius 1 is 1.18 bits per heavy atom. The molecule has 0 aromatic heterocycles. The molecular formula is C18H31NO2S. The van der Waals surface area contributed by atoms with Crippen molar-refractivity contribution in [3.63, 3.8) is 0 Å². The lowest BCUT2D eigenvalue weighted by Gasteiger charge is -2.29. The van der Waals surface area contributed by atoms with E-state index in [1.807, 2.05) is 14.1 Å². The van der Waals surface area contributed by atoms with Crippen molar-refractivity contribution in [3.8, 4) is 0 Å². The van der Waals surface area contributed by atoms with Crippen LogP contribution in [0.5, 0.6) is 0 Å². The third-order valence-corrected chi connectivity index (χ3v) is 5.41. The van der Waals surface area contributed by atoms with Crippen molar-refractivity contribution in [1.29, 1.82) is 0 Å². The van der Waals surface area contributed by atoms with Crippen molar-refractivity contribution in [2.45, 2.75) is 46.0 Å². The van der Waals surface area contributed by atoms with Crippen LogP contribution in [0, 0.1) is 5.41 Å². The topological polar surface area (TPSA) is 37.4 Å². The highest BCUT2D eigenvalue weighted by Crippen LogP contribution is 2.32. The largest absolute Gasteiger partial charge is 0.378 e. The van der Waals surface area contributed by atoms with Crippen LogP contribution in [0.4, 0.5) is 5.69 Å². The molecule has 0 bridgehead atoms. The van der Waals surface area contributed by atoms with E-state index >= 15 is 0 Å². The van der Waals surface area contributed by atoms with Gasteiger partial charge in [0.1, 0.15) is 9.84 Å². The first-order valence-electron chi connectivity index (χ1n) is 8.09. The number of unbranched alkanes of at least 4 members (excludes halogenated alkanes) is 1. The summed E-state index contributed by atoms with van der Waals surface area (Å²) in [6.07, 6.45) is 6.36. The lowest BCUT2D eigenvalue weighted by molar-refractivity contribution is 0.301. The Hall–Kier alpha value is -1.03. The predicted molar refractivity (Wildman–Crippen MR) is 96.4 cm³/mol. The van der Waals surface area contributed by atoms with E-state index in [9.17, 15) is 8.42 Å². The zero-order valence-corrected chi connectivity index (χ0v) is 15.5. The molecule has 3 nitrogen and oxygen atoms in total. The number of anilines is 1. The summed E-state index contributed by atoms with van der Waals surface area (Å²) < 4.78 is 23.5. The quantitative estimate of drug-likeness (QED) is 0.690. The van der Waals surface area contributed by atoms with Crippen molar-refractivity contribution in [3.05, 3.63) is 29.8 Å². The predicted octanol–water partition coefficient (Wildman–Crippen LogP) is 3.93. The number of hydrogen-bond donors (Lipinski definition) is 0. The number of benzene rings is 1. The minimum Gasteiger partial charge on any atom is -0.378 e. The Labute approximate surface area is 136 Å². The minimum absolute atomic E-state index is 0.127. The summed E-state index contributed by atoms with van der Waals surface area (Å²) in [6.45, 7) is 4.28. The first-order valence-corrected chi connectivity index (χ1v) is 10.2. The van der Waals surface area contributed by atoms with Crippen LogP contribution in [0.15, 0.2) is 24.3 Å². The molecule has 126 valence electrons. The highest BCUT2D eigenvalue weighted by Gasteiger charge is 2.28. The summed E-state index contributed by atoms with van der Waals surface area (Å²) in [5.74, 6) is 0.285. The molecular weight excluding hydrogens is 294 g/mol. The number of nitrogens with zero attached hydrogens (tertiary/aromatic N) is 1. The molecule has 0 aliphatic rings. The van der Waals surface area contributed by atoms with Crippen molar-refractivity contribution < 1.29 is 8.42 Å². The van der Waals surface area contributed by atoms with Gasteiger partial charge in [-0.2, -0.15) is 0 Å². The molecule has 0 amide bonds. The van der Waals surface area contributed by atoms with Crippen LogP contribution in [0.3, 0.4) is 0 Å². The number of aryl methyl sites for hydroxylation is 1. The van der Waals surface area contributed by atoms with Gasteiger partial charge in [-0.05, 0) is 42.4 Å². The fourth-order valence-electron chi connectivity index (χ4n) is 2.94. The van der Waals surface area contributed by atoms with Gasteiger partial charge < -0.3 is 4.90 Å². The summed E-state index contributed by atoms with van der Waals surface area (Å²) in [5.41, 5.74) is 2.34. The van der Waals surface area contributed by atoms with Crippen LogP contribution in [-0.4, -0.2) is 34.5 Å². The summed E-state index contributed by atoms with van der Waals surface area (Å²) in [6, 6.07) is 8.50. The van der Waals surface area contributed by atoms with Gasteiger partial charge in [-0.3, -0.25) is 0 Å². The number of hydrogen-bond acceptors (Lipinski definition) is 3. The van der Waals surface area contributed by atoms with Crippen molar-refractivity contribution in [2.75, 3.05) is 31.0 Å². The average Bonchev–Trinajstić information content (AvgIpc) is 2.42. The van der Waals surface area contributed by atoms with E-state index in [2.05, 4.69) is 43.0 Å². The average molecular weight is 326 g/mol. The standard InChI is InChI=1S/C18H31NO2S/c1-6-7-12-18(2,15-22(5,20)21)13-11-16-9-8-10-17(14-16)19(3)4/h8-10,14H,6-7,11-13,15H2,1-5H3. The maximum absolute atomic E-state index is 11.8. The van der Waals surface area contributed by atoms with Crippen LogP contribution >= 0.6 is 0 Å². The Bertz CT molecular complexity index is 566. The fourth-order valence-corrected chi connectivity index (χ4v) is 4.50.